The zero-order valence-corrected chi connectivity index (χ0v) is 24.4. The van der Waals surface area contributed by atoms with Gasteiger partial charge >= 0.3 is 0 Å². The molecule has 0 aromatic heterocycles. The average molecular weight is 539 g/mol. The topological polar surface area (TPSA) is 71.5 Å². The number of likely N-dealkylation sites (tertiary alicyclic amines) is 1. The van der Waals surface area contributed by atoms with Crippen molar-refractivity contribution in [3.05, 3.63) is 47.5 Å². The van der Waals surface area contributed by atoms with Crippen LogP contribution in [0.4, 0.5) is 5.69 Å². The van der Waals surface area contributed by atoms with E-state index in [4.69, 9.17) is 14.2 Å². The Balaban J connectivity index is 1.76. The van der Waals surface area contributed by atoms with Crippen LogP contribution in [-0.4, -0.2) is 61.0 Å². The molecular weight excluding hydrogens is 492 g/mol. The number of piperidine rings is 1. The molecule has 2 aliphatic rings. The predicted octanol–water partition coefficient (Wildman–Crippen LogP) is 6.24. The number of carbonyl (C=O) groups excluding carboxylic acids is 1. The summed E-state index contributed by atoms with van der Waals surface area (Å²) in [5, 5.41) is 11.7. The molecule has 3 atom stereocenters. The molecule has 0 radical (unpaired) electrons. The Labute approximate surface area is 234 Å². The van der Waals surface area contributed by atoms with Gasteiger partial charge in [0.2, 0.25) is 5.75 Å². The highest BCUT2D eigenvalue weighted by atomic mass is 16.5. The summed E-state index contributed by atoms with van der Waals surface area (Å²) in [5.74, 6) is 1.47. The SMILES string of the molecule is CCOc1cc(C(=O)N2CC[C@@]3(O)CCCC[C@@H]3[C@H]2c2ccc(N(CC)CC)cc2)cc(OCC)c1OCC. The molecule has 0 bridgehead atoms. The fourth-order valence-corrected chi connectivity index (χ4v) is 6.47. The number of amides is 1. The molecular formula is C32H46N2O5. The zero-order chi connectivity index (χ0) is 28.0. The van der Waals surface area contributed by atoms with E-state index >= 15 is 0 Å². The third kappa shape index (κ3) is 5.98. The molecule has 1 heterocycles. The van der Waals surface area contributed by atoms with Crippen molar-refractivity contribution in [2.75, 3.05) is 44.4 Å². The van der Waals surface area contributed by atoms with E-state index < -0.39 is 5.60 Å². The average Bonchev–Trinajstić information content (AvgIpc) is 2.94. The lowest BCUT2D eigenvalue weighted by Gasteiger charge is -2.52. The highest BCUT2D eigenvalue weighted by Gasteiger charge is 2.50. The molecule has 0 spiro atoms. The molecule has 7 nitrogen and oxygen atoms in total. The van der Waals surface area contributed by atoms with E-state index in [1.54, 1.807) is 12.1 Å². The van der Waals surface area contributed by atoms with E-state index in [0.717, 1.165) is 44.3 Å². The molecule has 1 N–H and O–H groups in total. The minimum Gasteiger partial charge on any atom is -0.490 e. The van der Waals surface area contributed by atoms with Crippen LogP contribution in [0.3, 0.4) is 0 Å². The fourth-order valence-electron chi connectivity index (χ4n) is 6.47. The first-order valence-electron chi connectivity index (χ1n) is 14.8. The van der Waals surface area contributed by atoms with Gasteiger partial charge in [0.25, 0.3) is 5.91 Å². The Morgan fingerprint density at radius 3 is 2.10 bits per heavy atom. The number of anilines is 1. The zero-order valence-electron chi connectivity index (χ0n) is 24.4. The van der Waals surface area contributed by atoms with Gasteiger partial charge in [-0.25, -0.2) is 0 Å². The Morgan fingerprint density at radius 2 is 1.54 bits per heavy atom. The first-order valence-corrected chi connectivity index (χ1v) is 14.8. The van der Waals surface area contributed by atoms with Crippen LogP contribution in [0.15, 0.2) is 36.4 Å². The first-order chi connectivity index (χ1) is 18.9. The number of hydrogen-bond acceptors (Lipinski definition) is 6. The summed E-state index contributed by atoms with van der Waals surface area (Å²) >= 11 is 0. The van der Waals surface area contributed by atoms with Crippen molar-refractivity contribution in [1.29, 1.82) is 0 Å². The standard InChI is InChI=1S/C32H46N2O5/c1-6-33(7-2)25-16-14-23(15-17-25)29-26-13-11-12-18-32(26,36)19-20-34(29)31(35)24-21-27(37-8-3)30(39-10-5)28(22-24)38-9-4/h14-17,21-22,26,29,36H,6-13,18-20H2,1-5H3/t26-,29-,32+/m1/s1. The molecule has 1 saturated carbocycles. The highest BCUT2D eigenvalue weighted by Crippen LogP contribution is 2.50. The number of aliphatic hydroxyl groups is 1. The van der Waals surface area contributed by atoms with E-state index in [0.29, 0.717) is 55.6 Å². The lowest BCUT2D eigenvalue weighted by molar-refractivity contribution is -0.115. The molecule has 2 fully saturated rings. The quantitative estimate of drug-likeness (QED) is 0.365. The number of ether oxygens (including phenoxy) is 3. The fraction of sp³-hybridized carbons (Fsp3) is 0.594. The maximum atomic E-state index is 14.3. The predicted molar refractivity (Wildman–Crippen MR) is 155 cm³/mol. The molecule has 39 heavy (non-hydrogen) atoms. The summed E-state index contributed by atoms with van der Waals surface area (Å²) in [7, 11) is 0. The summed E-state index contributed by atoms with van der Waals surface area (Å²) in [5.41, 5.74) is 2.01. The maximum Gasteiger partial charge on any atom is 0.254 e. The van der Waals surface area contributed by atoms with Gasteiger partial charge in [-0.2, -0.15) is 0 Å². The van der Waals surface area contributed by atoms with Gasteiger partial charge in [-0.3, -0.25) is 4.79 Å². The summed E-state index contributed by atoms with van der Waals surface area (Å²) in [6, 6.07) is 11.9. The third-order valence-corrected chi connectivity index (χ3v) is 8.35. The molecule has 7 heteroatoms. The van der Waals surface area contributed by atoms with Gasteiger partial charge < -0.3 is 29.1 Å². The molecule has 2 aromatic carbocycles. The van der Waals surface area contributed by atoms with Gasteiger partial charge in [0.1, 0.15) is 0 Å². The van der Waals surface area contributed by atoms with Crippen LogP contribution in [0.25, 0.3) is 0 Å². The van der Waals surface area contributed by atoms with Crippen molar-refractivity contribution in [2.45, 2.75) is 78.4 Å². The van der Waals surface area contributed by atoms with E-state index in [1.807, 2.05) is 25.7 Å². The number of benzene rings is 2. The van der Waals surface area contributed by atoms with Gasteiger partial charge in [-0.1, -0.05) is 25.0 Å². The van der Waals surface area contributed by atoms with Crippen molar-refractivity contribution < 1.29 is 24.1 Å². The lowest BCUT2D eigenvalue weighted by atomic mass is 9.66. The summed E-state index contributed by atoms with van der Waals surface area (Å²) < 4.78 is 17.7. The van der Waals surface area contributed by atoms with Gasteiger partial charge in [0.05, 0.1) is 31.5 Å². The molecule has 214 valence electrons. The normalized spacial score (nSPS) is 22.7. The highest BCUT2D eigenvalue weighted by molar-refractivity contribution is 5.96. The number of rotatable bonds is 11. The molecule has 0 unspecified atom stereocenters. The van der Waals surface area contributed by atoms with Gasteiger partial charge in [0, 0.05) is 36.8 Å². The van der Waals surface area contributed by atoms with Crippen LogP contribution in [0.5, 0.6) is 17.2 Å². The van der Waals surface area contributed by atoms with Crippen LogP contribution < -0.4 is 19.1 Å². The van der Waals surface area contributed by atoms with Crippen LogP contribution in [-0.2, 0) is 0 Å². The smallest absolute Gasteiger partial charge is 0.254 e. The molecule has 1 amide bonds. The third-order valence-electron chi connectivity index (χ3n) is 8.35. The second kappa shape index (κ2) is 12.9. The first kappa shape index (κ1) is 29.1. The number of fused-ring (bicyclic) bond motifs is 1. The second-order valence-corrected chi connectivity index (χ2v) is 10.5. The Morgan fingerprint density at radius 1 is 0.923 bits per heavy atom. The number of hydrogen-bond donors (Lipinski definition) is 1. The minimum atomic E-state index is -0.747. The van der Waals surface area contributed by atoms with Crippen molar-refractivity contribution in [2.24, 2.45) is 5.92 Å². The summed E-state index contributed by atoms with van der Waals surface area (Å²) in [6.07, 6.45) is 4.38. The maximum absolute atomic E-state index is 14.3. The summed E-state index contributed by atoms with van der Waals surface area (Å²) in [4.78, 5) is 18.6. The Kier molecular flexibility index (Phi) is 9.65. The molecule has 1 aliphatic carbocycles. The van der Waals surface area contributed by atoms with Crippen molar-refractivity contribution >= 4 is 11.6 Å². The molecule has 4 rings (SSSR count). The van der Waals surface area contributed by atoms with Crippen molar-refractivity contribution in [3.8, 4) is 17.2 Å². The lowest BCUT2D eigenvalue weighted by Crippen LogP contribution is -2.56. The van der Waals surface area contributed by atoms with E-state index in [1.165, 1.54) is 5.69 Å². The molecule has 1 saturated heterocycles. The Hall–Kier alpha value is -2.93. The van der Waals surface area contributed by atoms with Gasteiger partial charge in [-0.15, -0.1) is 0 Å². The largest absolute Gasteiger partial charge is 0.490 e. The monoisotopic (exact) mass is 538 g/mol. The molecule has 1 aliphatic heterocycles. The molecule has 2 aromatic rings. The van der Waals surface area contributed by atoms with E-state index in [2.05, 4.69) is 43.0 Å². The number of carbonyl (C=O) groups is 1. The number of nitrogens with zero attached hydrogens (tertiary/aromatic N) is 2. The van der Waals surface area contributed by atoms with Crippen molar-refractivity contribution in [1.82, 2.24) is 4.90 Å². The van der Waals surface area contributed by atoms with E-state index in [-0.39, 0.29) is 17.9 Å². The van der Waals surface area contributed by atoms with Gasteiger partial charge in [-0.05, 0) is 83.7 Å². The van der Waals surface area contributed by atoms with Crippen LogP contribution in [0, 0.1) is 5.92 Å². The second-order valence-electron chi connectivity index (χ2n) is 10.5. The summed E-state index contributed by atoms with van der Waals surface area (Å²) in [6.45, 7) is 13.8. The Bertz CT molecular complexity index is 1070. The van der Waals surface area contributed by atoms with E-state index in [9.17, 15) is 9.90 Å². The van der Waals surface area contributed by atoms with Crippen molar-refractivity contribution in [3.63, 3.8) is 0 Å². The van der Waals surface area contributed by atoms with Crippen LogP contribution in [0.2, 0.25) is 0 Å². The minimum absolute atomic E-state index is 0.0105. The van der Waals surface area contributed by atoms with Crippen LogP contribution >= 0.6 is 0 Å². The van der Waals surface area contributed by atoms with Gasteiger partial charge in [0.15, 0.2) is 11.5 Å². The van der Waals surface area contributed by atoms with Crippen LogP contribution in [0.1, 0.15) is 88.7 Å².